The highest BCUT2D eigenvalue weighted by molar-refractivity contribution is 7.15. The standard InChI is InChI=1S/C20H16F5N3O3S.C2H6/c1-11(2)30-16-12(4-3-5-14(16)31-18(21)22)6-7-13-15(17(29)26-10-20(23,24)25)28-8-9-32-19(28)27-13;1-2/h3-9,18H,1,10H2,2H3,(H,26,29);1-2H3/b7-6+;. The van der Waals surface area contributed by atoms with Crippen molar-refractivity contribution in [3.63, 3.8) is 0 Å². The van der Waals surface area contributed by atoms with Crippen molar-refractivity contribution in [3.05, 3.63) is 59.1 Å². The highest BCUT2D eigenvalue weighted by atomic mass is 32.1. The minimum Gasteiger partial charge on any atom is -0.458 e. The van der Waals surface area contributed by atoms with Crippen molar-refractivity contribution in [3.8, 4) is 11.5 Å². The number of alkyl halides is 5. The molecule has 3 aromatic rings. The van der Waals surface area contributed by atoms with Crippen LogP contribution in [0.1, 0.15) is 42.5 Å². The molecule has 0 spiro atoms. The number of thiazole rings is 1. The van der Waals surface area contributed by atoms with Gasteiger partial charge in [0.2, 0.25) is 0 Å². The number of rotatable bonds is 8. The molecule has 12 heteroatoms. The first-order valence-electron chi connectivity index (χ1n) is 9.95. The number of amides is 1. The Hall–Kier alpha value is -3.41. The van der Waals surface area contributed by atoms with E-state index in [0.717, 1.165) is 0 Å². The summed E-state index contributed by atoms with van der Waals surface area (Å²) in [5.41, 5.74) is 0.270. The van der Waals surface area contributed by atoms with Crippen LogP contribution in [0.2, 0.25) is 0 Å². The van der Waals surface area contributed by atoms with E-state index in [-0.39, 0.29) is 28.6 Å². The third-order valence-corrected chi connectivity index (χ3v) is 4.63. The summed E-state index contributed by atoms with van der Waals surface area (Å²) in [6.07, 6.45) is -0.290. The maximum atomic E-state index is 12.7. The lowest BCUT2D eigenvalue weighted by Gasteiger charge is -2.14. The predicted octanol–water partition coefficient (Wildman–Crippen LogP) is 6.40. The molecule has 184 valence electrons. The molecule has 3 rings (SSSR count). The molecule has 6 nitrogen and oxygen atoms in total. The van der Waals surface area contributed by atoms with Gasteiger partial charge in [0.25, 0.3) is 5.91 Å². The first-order valence-corrected chi connectivity index (χ1v) is 10.8. The van der Waals surface area contributed by atoms with Crippen molar-refractivity contribution in [1.82, 2.24) is 14.7 Å². The zero-order valence-corrected chi connectivity index (χ0v) is 19.3. The Balaban J connectivity index is 0.00000199. The van der Waals surface area contributed by atoms with E-state index in [0.29, 0.717) is 10.5 Å². The van der Waals surface area contributed by atoms with Gasteiger partial charge < -0.3 is 14.8 Å². The molecule has 0 saturated heterocycles. The Morgan fingerprint density at radius 1 is 1.29 bits per heavy atom. The Morgan fingerprint density at radius 3 is 2.62 bits per heavy atom. The normalized spacial score (nSPS) is 11.4. The summed E-state index contributed by atoms with van der Waals surface area (Å²) in [6.45, 7) is 4.50. The van der Waals surface area contributed by atoms with Crippen LogP contribution < -0.4 is 14.8 Å². The number of hydrogen-bond donors (Lipinski definition) is 1. The quantitative estimate of drug-likeness (QED) is 0.286. The van der Waals surface area contributed by atoms with Crippen molar-refractivity contribution >= 4 is 34.4 Å². The monoisotopic (exact) mass is 503 g/mol. The lowest BCUT2D eigenvalue weighted by Crippen LogP contribution is -2.34. The van der Waals surface area contributed by atoms with Gasteiger partial charge in [-0.25, -0.2) is 4.98 Å². The van der Waals surface area contributed by atoms with Crippen molar-refractivity contribution in [2.75, 3.05) is 6.54 Å². The van der Waals surface area contributed by atoms with Crippen molar-refractivity contribution in [1.29, 1.82) is 0 Å². The van der Waals surface area contributed by atoms with Crippen LogP contribution in [0.25, 0.3) is 17.1 Å². The van der Waals surface area contributed by atoms with Gasteiger partial charge in [-0.3, -0.25) is 9.20 Å². The number of allylic oxidation sites excluding steroid dienone is 1. The highest BCUT2D eigenvalue weighted by Crippen LogP contribution is 2.35. The van der Waals surface area contributed by atoms with E-state index < -0.39 is 25.2 Å². The number of imidazole rings is 1. The predicted molar refractivity (Wildman–Crippen MR) is 120 cm³/mol. The highest BCUT2D eigenvalue weighted by Gasteiger charge is 2.29. The van der Waals surface area contributed by atoms with Crippen molar-refractivity contribution in [2.45, 2.75) is 33.6 Å². The minimum atomic E-state index is -4.58. The van der Waals surface area contributed by atoms with Gasteiger partial charge >= 0.3 is 12.8 Å². The summed E-state index contributed by atoms with van der Waals surface area (Å²) >= 11 is 1.18. The van der Waals surface area contributed by atoms with Crippen LogP contribution in [0.3, 0.4) is 0 Å². The second-order valence-corrected chi connectivity index (χ2v) is 7.26. The number of hydrogen-bond acceptors (Lipinski definition) is 5. The van der Waals surface area contributed by atoms with Crippen LogP contribution in [-0.2, 0) is 0 Å². The molecule has 0 radical (unpaired) electrons. The second-order valence-electron chi connectivity index (χ2n) is 6.39. The summed E-state index contributed by atoms with van der Waals surface area (Å²) in [6, 6.07) is 4.27. The number of para-hydroxylation sites is 1. The molecule has 0 fully saturated rings. The summed E-state index contributed by atoms with van der Waals surface area (Å²) in [5, 5.41) is 3.45. The molecule has 0 aliphatic rings. The van der Waals surface area contributed by atoms with E-state index in [1.165, 1.54) is 59.2 Å². The topological polar surface area (TPSA) is 64.9 Å². The van der Waals surface area contributed by atoms with Gasteiger partial charge in [0, 0.05) is 17.1 Å². The lowest BCUT2D eigenvalue weighted by atomic mass is 10.1. The van der Waals surface area contributed by atoms with Gasteiger partial charge in [-0.1, -0.05) is 32.6 Å². The number of fused-ring (bicyclic) bond motifs is 1. The Morgan fingerprint density at radius 2 is 2.00 bits per heavy atom. The van der Waals surface area contributed by atoms with Gasteiger partial charge in [-0.05, 0) is 25.1 Å². The molecule has 0 aliphatic carbocycles. The van der Waals surface area contributed by atoms with Gasteiger partial charge in [0.05, 0.1) is 11.5 Å². The molecule has 0 aliphatic heterocycles. The maximum absolute atomic E-state index is 12.7. The Labute approximate surface area is 196 Å². The summed E-state index contributed by atoms with van der Waals surface area (Å²) in [5.74, 6) is -1.04. The van der Waals surface area contributed by atoms with Crippen LogP contribution in [0.15, 0.2) is 42.1 Å². The smallest absolute Gasteiger partial charge is 0.405 e. The molecular formula is C22H22F5N3O3S. The van der Waals surface area contributed by atoms with E-state index in [4.69, 9.17) is 4.74 Å². The maximum Gasteiger partial charge on any atom is 0.405 e. The van der Waals surface area contributed by atoms with Gasteiger partial charge in [-0.15, -0.1) is 11.3 Å². The molecule has 1 amide bonds. The summed E-state index contributed by atoms with van der Waals surface area (Å²) < 4.78 is 74.3. The second kappa shape index (κ2) is 11.6. The van der Waals surface area contributed by atoms with E-state index in [1.807, 2.05) is 19.2 Å². The molecule has 0 unspecified atom stereocenters. The molecule has 1 N–H and O–H groups in total. The zero-order valence-electron chi connectivity index (χ0n) is 18.5. The number of nitrogens with zero attached hydrogens (tertiary/aromatic N) is 2. The molecular weight excluding hydrogens is 481 g/mol. The molecule has 34 heavy (non-hydrogen) atoms. The average Bonchev–Trinajstić information content (AvgIpc) is 3.33. The fourth-order valence-electron chi connectivity index (χ4n) is 2.71. The van der Waals surface area contributed by atoms with Gasteiger partial charge in [-0.2, -0.15) is 22.0 Å². The molecule has 0 atom stereocenters. The number of carbonyl (C=O) groups excluding carboxylic acids is 1. The fraction of sp³-hybridized carbons (Fsp3) is 0.273. The fourth-order valence-corrected chi connectivity index (χ4v) is 3.43. The number of benzene rings is 1. The van der Waals surface area contributed by atoms with E-state index in [9.17, 15) is 26.7 Å². The first-order chi connectivity index (χ1) is 16.0. The average molecular weight is 503 g/mol. The van der Waals surface area contributed by atoms with Crippen molar-refractivity contribution < 1.29 is 36.2 Å². The largest absolute Gasteiger partial charge is 0.458 e. The first kappa shape index (κ1) is 26.8. The Bertz CT molecular complexity index is 1170. The molecule has 2 aromatic heterocycles. The third-order valence-electron chi connectivity index (χ3n) is 3.88. The number of aromatic nitrogens is 2. The molecule has 1 aromatic carbocycles. The summed E-state index contributed by atoms with van der Waals surface area (Å²) in [4.78, 5) is 17.1. The van der Waals surface area contributed by atoms with Crippen LogP contribution in [0, 0.1) is 0 Å². The number of halogens is 5. The van der Waals surface area contributed by atoms with E-state index in [1.54, 1.807) is 5.38 Å². The van der Waals surface area contributed by atoms with E-state index in [2.05, 4.69) is 16.3 Å². The number of nitrogens with one attached hydrogen (secondary N) is 1. The Kier molecular flexibility index (Phi) is 9.19. The number of carbonyl (C=O) groups is 1. The zero-order chi connectivity index (χ0) is 25.5. The van der Waals surface area contributed by atoms with E-state index >= 15 is 0 Å². The number of ether oxygens (including phenoxy) is 2. The summed E-state index contributed by atoms with van der Waals surface area (Å²) in [7, 11) is 0. The van der Waals surface area contributed by atoms with Crippen LogP contribution >= 0.6 is 11.3 Å². The van der Waals surface area contributed by atoms with Crippen LogP contribution in [0.4, 0.5) is 22.0 Å². The third kappa shape index (κ3) is 7.04. The molecule has 0 bridgehead atoms. The van der Waals surface area contributed by atoms with Gasteiger partial charge in [0.15, 0.2) is 16.5 Å². The SMILES string of the molecule is C=C(C)Oc1c(/C=C/c2nc3sccn3c2C(=O)NCC(F)(F)F)cccc1OC(F)F.CC. The molecule has 2 heterocycles. The van der Waals surface area contributed by atoms with Crippen LogP contribution in [-0.4, -0.2) is 34.6 Å². The molecule has 0 saturated carbocycles. The van der Waals surface area contributed by atoms with Gasteiger partial charge in [0.1, 0.15) is 12.2 Å². The minimum absolute atomic E-state index is 0.0411. The van der Waals surface area contributed by atoms with Crippen molar-refractivity contribution in [2.24, 2.45) is 0 Å². The van der Waals surface area contributed by atoms with Crippen LogP contribution in [0.5, 0.6) is 11.5 Å². The lowest BCUT2D eigenvalue weighted by molar-refractivity contribution is -0.123.